The average molecular weight is 905 g/mol. The van der Waals surface area contributed by atoms with Gasteiger partial charge in [0.1, 0.15) is 30.6 Å². The Hall–Kier alpha value is -5.84. The zero-order valence-electron chi connectivity index (χ0n) is 37.7. The molecule has 0 aromatic heterocycles. The number of ether oxygens (including phenoxy) is 5. The summed E-state index contributed by atoms with van der Waals surface area (Å²) in [5.74, 6) is 0.128. The summed E-state index contributed by atoms with van der Waals surface area (Å²) in [5.41, 5.74) is 6.60. The number of fused-ring (bicyclic) bond motifs is 2. The van der Waals surface area contributed by atoms with Crippen LogP contribution in [-0.4, -0.2) is 104 Å². The molecule has 350 valence electrons. The summed E-state index contributed by atoms with van der Waals surface area (Å²) in [6.07, 6.45) is 4.69. The number of phenolic OH excluding ortho intramolecular Hbond substituents is 1. The fourth-order valence-electron chi connectivity index (χ4n) is 11.0. The van der Waals surface area contributed by atoms with Crippen molar-refractivity contribution in [1.82, 2.24) is 15.5 Å². The number of nitrogens with one attached hydrogen (secondary N) is 3. The van der Waals surface area contributed by atoms with Crippen molar-refractivity contribution in [3.05, 3.63) is 100 Å². The summed E-state index contributed by atoms with van der Waals surface area (Å²) in [6.45, 7) is 4.23. The molecule has 4 aromatic carbocycles. The van der Waals surface area contributed by atoms with E-state index in [1.54, 1.807) is 12.1 Å². The molecule has 0 saturated heterocycles. The molecule has 0 spiro atoms. The molecule has 0 unspecified atom stereocenters. The van der Waals surface area contributed by atoms with Crippen LogP contribution in [0.15, 0.2) is 66.7 Å². The maximum Gasteiger partial charge on any atom is 0.253 e. The second kappa shape index (κ2) is 19.2. The number of carbonyl (C=O) groups excluding carboxylic acids is 2. The van der Waals surface area contributed by atoms with Crippen molar-refractivity contribution in [2.45, 2.75) is 69.1 Å². The van der Waals surface area contributed by atoms with E-state index in [4.69, 9.17) is 23.7 Å². The van der Waals surface area contributed by atoms with E-state index in [2.05, 4.69) is 28.1 Å². The number of carbonyl (C=O) groups is 2. The Kier molecular flexibility index (Phi) is 13.2. The SMILES string of the molecule is CCNCOc1cc(OCCNC)c2c3c1[C@@H](O)Nc1cc4c(c(c1-3)CC2)[C@@H](O)[C@H](c1cc(OC)c(O)c(OC[C@H](CO)[C@@]2(c3ccccc3)CCC[C@@H](CN3C(=O)C=CC3=O)C2)c1)CO4. The van der Waals surface area contributed by atoms with Crippen LogP contribution < -0.4 is 39.6 Å². The highest BCUT2D eigenvalue weighted by molar-refractivity contribution is 6.12. The minimum atomic E-state index is -1.07. The number of amides is 2. The lowest BCUT2D eigenvalue weighted by molar-refractivity contribution is -0.138. The number of nitrogens with zero attached hydrogens (tertiary/aromatic N) is 1. The Morgan fingerprint density at radius 3 is 2.45 bits per heavy atom. The molecule has 2 aliphatic carbocycles. The van der Waals surface area contributed by atoms with Gasteiger partial charge in [-0.25, -0.2) is 0 Å². The first kappa shape index (κ1) is 45.3. The normalized spacial score (nSPS) is 23.1. The van der Waals surface area contributed by atoms with Crippen LogP contribution in [-0.2, 0) is 27.8 Å². The first-order valence-corrected chi connectivity index (χ1v) is 23.1. The molecule has 5 aliphatic rings. The van der Waals surface area contributed by atoms with Crippen molar-refractivity contribution in [3.8, 4) is 45.6 Å². The zero-order valence-corrected chi connectivity index (χ0v) is 37.7. The highest BCUT2D eigenvalue weighted by atomic mass is 16.5. The third kappa shape index (κ3) is 8.21. The monoisotopic (exact) mass is 904 g/mol. The number of aliphatic hydroxyl groups is 3. The van der Waals surface area contributed by atoms with E-state index in [-0.39, 0.29) is 61.5 Å². The number of hydrogen-bond donors (Lipinski definition) is 7. The van der Waals surface area contributed by atoms with E-state index < -0.39 is 29.6 Å². The molecule has 0 bridgehead atoms. The first-order valence-electron chi connectivity index (χ1n) is 23.1. The Bertz CT molecular complexity index is 2480. The van der Waals surface area contributed by atoms with Gasteiger partial charge in [0.2, 0.25) is 5.75 Å². The lowest BCUT2D eigenvalue weighted by Crippen LogP contribution is -2.47. The highest BCUT2D eigenvalue weighted by Crippen LogP contribution is 2.58. The number of aliphatic hydroxyl groups excluding tert-OH is 3. The van der Waals surface area contributed by atoms with E-state index >= 15 is 0 Å². The van der Waals surface area contributed by atoms with Crippen LogP contribution in [0.4, 0.5) is 5.69 Å². The summed E-state index contributed by atoms with van der Waals surface area (Å²) >= 11 is 0. The third-order valence-corrected chi connectivity index (χ3v) is 14.3. The number of likely N-dealkylation sites (N-methyl/N-ethyl adjacent to an activating group) is 1. The Morgan fingerprint density at radius 1 is 0.939 bits per heavy atom. The van der Waals surface area contributed by atoms with Gasteiger partial charge in [0.15, 0.2) is 17.7 Å². The van der Waals surface area contributed by atoms with Crippen LogP contribution in [0.1, 0.15) is 84.2 Å². The minimum Gasteiger partial charge on any atom is -0.502 e. The van der Waals surface area contributed by atoms with Gasteiger partial charge in [-0.15, -0.1) is 0 Å². The standard InChI is InChI=1S/C51H60N4O11/c1-4-53-28-66-39-22-37(63-18-17-52-2)33-12-13-34-44-36(54-50(61)47(39)46(33)44)21-38-45(34)48(59)35(27-65-38)30-19-40(62-3)49(60)41(20-30)64-26-32(25-56)51(31-10-6-5-7-11-31)16-8-9-29(23-51)24-55-42(57)14-15-43(55)58/h5-7,10-11,14-15,19-22,29,32,35,48,50,52-54,56,59-61H,4,8-9,12-13,16-18,23-28H2,1-3H3/t29-,32+,35+,48+,50-,51+/m1/s1. The maximum atomic E-state index is 12.6. The van der Waals surface area contributed by atoms with Crippen LogP contribution in [0.5, 0.6) is 34.5 Å². The summed E-state index contributed by atoms with van der Waals surface area (Å²) < 4.78 is 31.3. The van der Waals surface area contributed by atoms with Gasteiger partial charge in [-0.05, 0) is 80.4 Å². The molecule has 9 rings (SSSR count). The van der Waals surface area contributed by atoms with Gasteiger partial charge >= 0.3 is 0 Å². The third-order valence-electron chi connectivity index (χ3n) is 14.3. The molecule has 15 nitrogen and oxygen atoms in total. The van der Waals surface area contributed by atoms with Crippen molar-refractivity contribution < 1.29 is 53.7 Å². The smallest absolute Gasteiger partial charge is 0.253 e. The molecule has 3 aliphatic heterocycles. The van der Waals surface area contributed by atoms with E-state index in [0.29, 0.717) is 85.1 Å². The van der Waals surface area contributed by atoms with Gasteiger partial charge in [-0.2, -0.15) is 0 Å². The van der Waals surface area contributed by atoms with E-state index in [1.807, 2.05) is 44.3 Å². The molecule has 1 saturated carbocycles. The van der Waals surface area contributed by atoms with Gasteiger partial charge in [0.05, 0.1) is 32.0 Å². The van der Waals surface area contributed by atoms with Crippen LogP contribution in [0.2, 0.25) is 0 Å². The molecule has 66 heavy (non-hydrogen) atoms. The van der Waals surface area contributed by atoms with Crippen LogP contribution in [0, 0.1) is 11.8 Å². The largest absolute Gasteiger partial charge is 0.502 e. The van der Waals surface area contributed by atoms with Crippen molar-refractivity contribution in [2.75, 3.05) is 72.3 Å². The lowest BCUT2D eigenvalue weighted by Gasteiger charge is -2.46. The number of rotatable bonds is 18. The van der Waals surface area contributed by atoms with Gasteiger partial charge in [-0.1, -0.05) is 43.7 Å². The molecule has 6 atom stereocenters. The number of hydrogen-bond acceptors (Lipinski definition) is 14. The summed E-state index contributed by atoms with van der Waals surface area (Å²) in [6, 6.07) is 17.1. The number of imide groups is 1. The topological polar surface area (TPSA) is 201 Å². The first-order chi connectivity index (χ1) is 32.1. The van der Waals surface area contributed by atoms with Crippen LogP contribution in [0.25, 0.3) is 11.1 Å². The summed E-state index contributed by atoms with van der Waals surface area (Å²) in [4.78, 5) is 26.4. The predicted molar refractivity (Wildman–Crippen MR) is 246 cm³/mol. The predicted octanol–water partition coefficient (Wildman–Crippen LogP) is 5.38. The fraction of sp³-hybridized carbons (Fsp3) is 0.451. The van der Waals surface area contributed by atoms with Crippen LogP contribution >= 0.6 is 0 Å². The molecular weight excluding hydrogens is 845 g/mol. The van der Waals surface area contributed by atoms with Gasteiger partial charge in [0, 0.05) is 89.2 Å². The average Bonchev–Trinajstić information content (AvgIpc) is 3.64. The quantitative estimate of drug-likeness (QED) is 0.0382. The maximum absolute atomic E-state index is 12.6. The van der Waals surface area contributed by atoms with E-state index in [9.17, 15) is 30.0 Å². The highest BCUT2D eigenvalue weighted by Gasteiger charge is 2.46. The number of phenols is 1. The molecule has 4 aromatic rings. The van der Waals surface area contributed by atoms with Crippen molar-refractivity contribution in [1.29, 1.82) is 0 Å². The zero-order chi connectivity index (χ0) is 46.1. The minimum absolute atomic E-state index is 0.00209. The van der Waals surface area contributed by atoms with Gasteiger partial charge in [0.25, 0.3) is 11.8 Å². The molecule has 3 heterocycles. The van der Waals surface area contributed by atoms with Crippen molar-refractivity contribution in [2.24, 2.45) is 11.8 Å². The Balaban J connectivity index is 1.03. The number of methoxy groups -OCH3 is 1. The summed E-state index contributed by atoms with van der Waals surface area (Å²) in [7, 11) is 3.33. The molecule has 1 fully saturated rings. The second-order valence-corrected chi connectivity index (χ2v) is 17.9. The van der Waals surface area contributed by atoms with Gasteiger partial charge < -0.3 is 54.7 Å². The second-order valence-electron chi connectivity index (χ2n) is 17.9. The fourth-order valence-corrected chi connectivity index (χ4v) is 11.0. The van der Waals surface area contributed by atoms with Gasteiger partial charge in [-0.3, -0.25) is 19.8 Å². The summed E-state index contributed by atoms with van der Waals surface area (Å²) in [5, 5.41) is 56.4. The van der Waals surface area contributed by atoms with Crippen LogP contribution in [0.3, 0.4) is 0 Å². The lowest BCUT2D eigenvalue weighted by atomic mass is 9.59. The molecule has 2 amide bonds. The molecule has 0 radical (unpaired) electrons. The Labute approximate surface area is 384 Å². The number of anilines is 1. The van der Waals surface area contributed by atoms with E-state index in [0.717, 1.165) is 47.1 Å². The molecule has 15 heteroatoms. The van der Waals surface area contributed by atoms with Crippen molar-refractivity contribution >= 4 is 17.5 Å². The Morgan fingerprint density at radius 2 is 1.71 bits per heavy atom. The number of benzene rings is 4. The van der Waals surface area contributed by atoms with Crippen molar-refractivity contribution in [3.63, 3.8) is 0 Å². The molecular formula is C51H60N4O11. The van der Waals surface area contributed by atoms with E-state index in [1.165, 1.54) is 24.2 Å². The number of aromatic hydroxyl groups is 1. The molecule has 7 N–H and O–H groups in total.